The summed E-state index contributed by atoms with van der Waals surface area (Å²) >= 11 is 0. The lowest BCUT2D eigenvalue weighted by molar-refractivity contribution is -0.140. The minimum Gasteiger partial charge on any atom is -0.507 e. The Hall–Kier alpha value is -3.62. The predicted molar refractivity (Wildman–Crippen MR) is 143 cm³/mol. The van der Waals surface area contributed by atoms with E-state index in [1.165, 1.54) is 0 Å². The molecule has 2 aromatic carbocycles. The van der Waals surface area contributed by atoms with Crippen LogP contribution in [0.5, 0.6) is 11.5 Å². The van der Waals surface area contributed by atoms with Crippen molar-refractivity contribution in [2.24, 2.45) is 0 Å². The summed E-state index contributed by atoms with van der Waals surface area (Å²) < 4.78 is 17.0. The largest absolute Gasteiger partial charge is 0.507 e. The Morgan fingerprint density at radius 1 is 1.16 bits per heavy atom. The summed E-state index contributed by atoms with van der Waals surface area (Å²) in [6, 6.07) is 12.0. The van der Waals surface area contributed by atoms with Crippen LogP contribution in [0, 0.1) is 0 Å². The van der Waals surface area contributed by atoms with E-state index in [1.807, 2.05) is 43.3 Å². The Balaban J connectivity index is 1.49. The fraction of sp³-hybridized carbons (Fsp3) is 0.400. The van der Waals surface area contributed by atoms with Gasteiger partial charge in [0.05, 0.1) is 24.8 Å². The highest BCUT2D eigenvalue weighted by atomic mass is 16.5. The number of aliphatic hydroxyl groups is 1. The van der Waals surface area contributed by atoms with E-state index in [0.29, 0.717) is 49.7 Å². The summed E-state index contributed by atoms with van der Waals surface area (Å²) in [5.41, 5.74) is 2.26. The number of rotatable bonds is 9. The van der Waals surface area contributed by atoms with Crippen LogP contribution in [0.25, 0.3) is 5.76 Å². The number of hydrogen-bond acceptors (Lipinski definition) is 7. The van der Waals surface area contributed by atoms with Crippen molar-refractivity contribution >= 4 is 17.4 Å². The van der Waals surface area contributed by atoms with Gasteiger partial charge in [-0.2, -0.15) is 0 Å². The summed E-state index contributed by atoms with van der Waals surface area (Å²) in [6.07, 6.45) is 3.13. The molecule has 5 rings (SSSR count). The van der Waals surface area contributed by atoms with Crippen molar-refractivity contribution in [3.05, 3.63) is 77.4 Å². The average molecular weight is 519 g/mol. The Morgan fingerprint density at radius 2 is 1.97 bits per heavy atom. The van der Waals surface area contributed by atoms with E-state index >= 15 is 0 Å². The number of ether oxygens (including phenoxy) is 3. The fourth-order valence-corrected chi connectivity index (χ4v) is 5.40. The van der Waals surface area contributed by atoms with Gasteiger partial charge in [-0.15, -0.1) is 0 Å². The zero-order chi connectivity index (χ0) is 26.6. The van der Waals surface area contributed by atoms with Gasteiger partial charge < -0.3 is 24.2 Å². The minimum atomic E-state index is -0.726. The smallest absolute Gasteiger partial charge is 0.295 e. The van der Waals surface area contributed by atoms with Crippen LogP contribution in [-0.4, -0.2) is 78.7 Å². The first-order valence-electron chi connectivity index (χ1n) is 13.2. The van der Waals surface area contributed by atoms with Gasteiger partial charge in [0.25, 0.3) is 11.7 Å². The highest BCUT2D eigenvalue weighted by molar-refractivity contribution is 6.46. The van der Waals surface area contributed by atoms with E-state index < -0.39 is 17.7 Å². The number of nitrogens with zero attached hydrogens (tertiary/aromatic N) is 2. The summed E-state index contributed by atoms with van der Waals surface area (Å²) in [6.45, 7) is 10.3. The first kappa shape index (κ1) is 26.0. The molecule has 0 radical (unpaired) electrons. The van der Waals surface area contributed by atoms with E-state index in [1.54, 1.807) is 17.0 Å². The van der Waals surface area contributed by atoms with Crippen molar-refractivity contribution in [2.45, 2.75) is 31.9 Å². The van der Waals surface area contributed by atoms with Crippen LogP contribution in [0.15, 0.2) is 60.7 Å². The van der Waals surface area contributed by atoms with Gasteiger partial charge in [0.1, 0.15) is 30.0 Å². The van der Waals surface area contributed by atoms with Gasteiger partial charge in [-0.25, -0.2) is 0 Å². The van der Waals surface area contributed by atoms with Gasteiger partial charge >= 0.3 is 0 Å². The highest BCUT2D eigenvalue weighted by Gasteiger charge is 2.46. The molecule has 8 nitrogen and oxygen atoms in total. The van der Waals surface area contributed by atoms with Crippen molar-refractivity contribution in [1.82, 2.24) is 9.80 Å². The number of morpholine rings is 1. The Labute approximate surface area is 223 Å². The molecule has 3 heterocycles. The topological polar surface area (TPSA) is 88.5 Å². The molecular weight excluding hydrogens is 484 g/mol. The van der Waals surface area contributed by atoms with Crippen LogP contribution in [0.1, 0.15) is 36.1 Å². The van der Waals surface area contributed by atoms with Gasteiger partial charge in [-0.1, -0.05) is 24.8 Å². The molecule has 0 spiro atoms. The van der Waals surface area contributed by atoms with Gasteiger partial charge in [-0.3, -0.25) is 14.5 Å². The SMILES string of the molecule is C=CCOc1cccc(C2/C(=C(/O)c3ccc4c(c3)CC(C)O4)C(=O)C(=O)N2CCCN2CCOCC2)c1. The van der Waals surface area contributed by atoms with E-state index in [-0.39, 0.29) is 17.4 Å². The second-order valence-corrected chi connectivity index (χ2v) is 9.93. The standard InChI is InChI=1S/C30H34N2O6/c1-3-14-37-24-7-4-6-21(19-24)27-26(28(33)22-8-9-25-23(18-22)17-20(2)38-25)29(34)30(35)32(27)11-5-10-31-12-15-36-16-13-31/h3-4,6-9,18-20,27,33H,1,5,10-17H2,2H3/b28-26-. The molecule has 2 fully saturated rings. The molecule has 3 aliphatic rings. The van der Waals surface area contributed by atoms with Crippen molar-refractivity contribution in [1.29, 1.82) is 0 Å². The summed E-state index contributed by atoms with van der Waals surface area (Å²) in [5, 5.41) is 11.5. The number of fused-ring (bicyclic) bond motifs is 1. The molecule has 3 aliphatic heterocycles. The number of hydrogen-bond donors (Lipinski definition) is 1. The molecular formula is C30H34N2O6. The predicted octanol–water partition coefficient (Wildman–Crippen LogP) is 3.72. The summed E-state index contributed by atoms with van der Waals surface area (Å²) in [7, 11) is 0. The van der Waals surface area contributed by atoms with Crippen LogP contribution >= 0.6 is 0 Å². The normalized spacial score (nSPS) is 22.8. The lowest BCUT2D eigenvalue weighted by Crippen LogP contribution is -2.38. The molecule has 2 atom stereocenters. The number of Topliss-reactive ketones (excluding diaryl/α,β-unsaturated/α-hetero) is 1. The van der Waals surface area contributed by atoms with E-state index in [4.69, 9.17) is 14.2 Å². The Kier molecular flexibility index (Phi) is 7.81. The molecule has 8 heteroatoms. The van der Waals surface area contributed by atoms with Gasteiger partial charge in [-0.05, 0) is 54.8 Å². The third kappa shape index (κ3) is 5.33. The quantitative estimate of drug-likeness (QED) is 0.234. The second kappa shape index (κ2) is 11.4. The van der Waals surface area contributed by atoms with Crippen LogP contribution in [-0.2, 0) is 20.7 Å². The summed E-state index contributed by atoms with van der Waals surface area (Å²) in [4.78, 5) is 30.6. The number of benzene rings is 2. The minimum absolute atomic E-state index is 0.0535. The maximum Gasteiger partial charge on any atom is 0.295 e. The molecule has 0 aromatic heterocycles. The van der Waals surface area contributed by atoms with Gasteiger partial charge in [0, 0.05) is 38.2 Å². The first-order valence-corrected chi connectivity index (χ1v) is 13.2. The van der Waals surface area contributed by atoms with Crippen LogP contribution in [0.4, 0.5) is 0 Å². The molecule has 0 aliphatic carbocycles. The van der Waals surface area contributed by atoms with Crippen molar-refractivity contribution in [3.63, 3.8) is 0 Å². The molecule has 38 heavy (non-hydrogen) atoms. The summed E-state index contributed by atoms with van der Waals surface area (Å²) in [5.74, 6) is -0.0783. The van der Waals surface area contributed by atoms with Crippen LogP contribution in [0.2, 0.25) is 0 Å². The second-order valence-electron chi connectivity index (χ2n) is 9.93. The number of carbonyl (C=O) groups excluding carboxylic acids is 2. The third-order valence-corrected chi connectivity index (χ3v) is 7.23. The van der Waals surface area contributed by atoms with E-state index in [9.17, 15) is 14.7 Å². The number of amides is 1. The van der Waals surface area contributed by atoms with E-state index in [0.717, 1.165) is 37.4 Å². The number of ketones is 1. The lowest BCUT2D eigenvalue weighted by Gasteiger charge is -2.29. The third-order valence-electron chi connectivity index (χ3n) is 7.23. The molecule has 2 saturated heterocycles. The van der Waals surface area contributed by atoms with Crippen LogP contribution < -0.4 is 9.47 Å². The molecule has 2 unspecified atom stereocenters. The number of likely N-dealkylation sites (tertiary alicyclic amines) is 1. The van der Waals surface area contributed by atoms with Gasteiger partial charge in [0.2, 0.25) is 0 Å². The van der Waals surface area contributed by atoms with E-state index in [2.05, 4.69) is 11.5 Å². The van der Waals surface area contributed by atoms with Crippen LogP contribution in [0.3, 0.4) is 0 Å². The van der Waals surface area contributed by atoms with Crippen molar-refractivity contribution < 1.29 is 28.9 Å². The average Bonchev–Trinajstić information content (AvgIpc) is 3.43. The molecule has 0 saturated carbocycles. The zero-order valence-electron chi connectivity index (χ0n) is 21.7. The molecule has 0 bridgehead atoms. The maximum atomic E-state index is 13.4. The molecule has 200 valence electrons. The molecule has 1 N–H and O–H groups in total. The van der Waals surface area contributed by atoms with Crippen molar-refractivity contribution in [2.75, 3.05) is 46.0 Å². The van der Waals surface area contributed by atoms with Gasteiger partial charge in [0.15, 0.2) is 0 Å². The number of aliphatic hydroxyl groups excluding tert-OH is 1. The molecule has 1 amide bonds. The molecule has 2 aromatic rings. The lowest BCUT2D eigenvalue weighted by atomic mass is 9.94. The fourth-order valence-electron chi connectivity index (χ4n) is 5.40. The number of carbonyl (C=O) groups is 2. The Morgan fingerprint density at radius 3 is 2.76 bits per heavy atom. The monoisotopic (exact) mass is 518 g/mol. The zero-order valence-corrected chi connectivity index (χ0v) is 21.7. The highest BCUT2D eigenvalue weighted by Crippen LogP contribution is 2.41. The van der Waals surface area contributed by atoms with Crippen molar-refractivity contribution in [3.8, 4) is 11.5 Å². The first-order chi connectivity index (χ1) is 18.5. The maximum absolute atomic E-state index is 13.4. The Bertz CT molecular complexity index is 1250.